The summed E-state index contributed by atoms with van der Waals surface area (Å²) in [5.41, 5.74) is -1.70. The van der Waals surface area contributed by atoms with Gasteiger partial charge in [-0.3, -0.25) is 0 Å². The first kappa shape index (κ1) is 24.7. The Labute approximate surface area is 199 Å². The van der Waals surface area contributed by atoms with Crippen LogP contribution in [0.15, 0.2) is 0 Å². The van der Waals surface area contributed by atoms with Crippen LogP contribution in [0.25, 0.3) is 0 Å². The number of halogens is 3. The Bertz CT molecular complexity index is 994. The molecular weight excluding hydrogens is 453 g/mol. The van der Waals surface area contributed by atoms with E-state index in [4.69, 9.17) is 25.6 Å². The van der Waals surface area contributed by atoms with Crippen molar-refractivity contribution in [2.45, 2.75) is 83.2 Å². The minimum Gasteiger partial charge on any atom is -0.495 e. The van der Waals surface area contributed by atoms with E-state index in [2.05, 4.69) is 20.8 Å². The molecule has 5 rings (SSSR count). The van der Waals surface area contributed by atoms with E-state index in [-0.39, 0.29) is 34.8 Å². The molecule has 1 N–H and O–H groups in total. The van der Waals surface area contributed by atoms with Crippen LogP contribution in [-0.4, -0.2) is 42.3 Å². The Morgan fingerprint density at radius 2 is 1.91 bits per heavy atom. The predicted octanol–water partition coefficient (Wildman–Crippen LogP) is 5.39. The topological polar surface area (TPSA) is 65.0 Å². The van der Waals surface area contributed by atoms with Gasteiger partial charge < -0.3 is 19.2 Å². The second-order valence-corrected chi connectivity index (χ2v) is 12.1. The summed E-state index contributed by atoms with van der Waals surface area (Å²) in [6.07, 6.45) is 1.91. The van der Waals surface area contributed by atoms with Gasteiger partial charge in [0.1, 0.15) is 11.3 Å². The van der Waals surface area contributed by atoms with E-state index in [0.717, 1.165) is 12.8 Å². The van der Waals surface area contributed by atoms with Gasteiger partial charge in [0, 0.05) is 11.1 Å². The van der Waals surface area contributed by atoms with Crippen LogP contribution >= 0.6 is 11.6 Å². The number of rotatable bonds is 5. The number of aromatic carboxylic acids is 1. The van der Waals surface area contributed by atoms with Gasteiger partial charge in [-0.05, 0) is 48.9 Å². The number of carbonyl (C=O) groups is 1. The molecule has 0 aromatic heterocycles. The number of carboxylic acid groups (broad SMARTS) is 1. The fraction of sp³-hybridized carbons (Fsp3) is 0.708. The van der Waals surface area contributed by atoms with Crippen LogP contribution in [0.2, 0.25) is 0 Å². The van der Waals surface area contributed by atoms with Gasteiger partial charge in [-0.25, -0.2) is 13.6 Å². The lowest BCUT2D eigenvalue weighted by atomic mass is 9.43. The van der Waals surface area contributed by atoms with Crippen LogP contribution in [0.5, 0.6) is 5.75 Å². The van der Waals surface area contributed by atoms with Crippen molar-refractivity contribution < 1.29 is 32.7 Å². The third kappa shape index (κ3) is 3.59. The van der Waals surface area contributed by atoms with Crippen molar-refractivity contribution >= 4 is 24.7 Å². The molecule has 182 valence electrons. The Balaban J connectivity index is 1.70. The zero-order chi connectivity index (χ0) is 24.7. The summed E-state index contributed by atoms with van der Waals surface area (Å²) in [4.78, 5) is 11.8. The van der Waals surface area contributed by atoms with E-state index in [0.29, 0.717) is 11.8 Å². The van der Waals surface area contributed by atoms with E-state index < -0.39 is 46.6 Å². The second-order valence-electron chi connectivity index (χ2n) is 11.5. The van der Waals surface area contributed by atoms with Gasteiger partial charge in [0.15, 0.2) is 11.6 Å². The van der Waals surface area contributed by atoms with Crippen molar-refractivity contribution in [1.29, 1.82) is 0 Å². The summed E-state index contributed by atoms with van der Waals surface area (Å²) in [6, 6.07) is 0. The lowest BCUT2D eigenvalue weighted by Crippen LogP contribution is -2.65. The lowest BCUT2D eigenvalue weighted by Gasteiger charge is -2.64. The first-order chi connectivity index (χ1) is 15.1. The maximum absolute atomic E-state index is 15.2. The average Bonchev–Trinajstić information content (AvgIpc) is 3.06. The Morgan fingerprint density at radius 1 is 1.27 bits per heavy atom. The summed E-state index contributed by atoms with van der Waals surface area (Å²) in [5.74, 6) is -3.53. The molecule has 1 aliphatic heterocycles. The Hall–Kier alpha value is -1.38. The molecule has 9 heteroatoms. The number of methoxy groups -OCH3 is 1. The van der Waals surface area contributed by atoms with Gasteiger partial charge in [0.2, 0.25) is 0 Å². The minimum absolute atomic E-state index is 0.000231. The zero-order valence-electron chi connectivity index (χ0n) is 20.2. The van der Waals surface area contributed by atoms with Crippen LogP contribution in [0, 0.1) is 28.9 Å². The molecule has 1 saturated heterocycles. The smallest absolute Gasteiger partial charge is 0.477 e. The molecule has 3 saturated carbocycles. The number of carboxylic acids is 1. The van der Waals surface area contributed by atoms with Crippen molar-refractivity contribution in [2.24, 2.45) is 17.3 Å². The average molecular weight is 485 g/mol. The molecule has 33 heavy (non-hydrogen) atoms. The van der Waals surface area contributed by atoms with E-state index in [1.54, 1.807) is 20.8 Å². The number of ether oxygens (including phenoxy) is 1. The quantitative estimate of drug-likeness (QED) is 0.449. The minimum atomic E-state index is -1.61. The molecule has 5 nitrogen and oxygen atoms in total. The first-order valence-electron chi connectivity index (χ1n) is 11.4. The Morgan fingerprint density at radius 3 is 2.42 bits per heavy atom. The summed E-state index contributed by atoms with van der Waals surface area (Å²) in [5, 5.41) is 8.80. The molecule has 4 aliphatic rings. The van der Waals surface area contributed by atoms with Gasteiger partial charge in [-0.15, -0.1) is 11.6 Å². The van der Waals surface area contributed by atoms with E-state index in [9.17, 15) is 14.3 Å². The summed E-state index contributed by atoms with van der Waals surface area (Å²) >= 11 is 6.79. The number of alkyl halides is 1. The SMILES string of the molecule is COc1c(CC(Cl)B2O[C@@H]3C[C@@H]4C[C@@H](C4(C)C)[C@]3(C)O2)c(C(C)(C)C)c(F)c(F)c1C(=O)O. The fourth-order valence-electron chi connectivity index (χ4n) is 6.45. The van der Waals surface area contributed by atoms with Crippen molar-refractivity contribution in [1.82, 2.24) is 0 Å². The molecule has 0 spiro atoms. The lowest BCUT2D eigenvalue weighted by molar-refractivity contribution is -0.199. The molecule has 2 bridgehead atoms. The Kier molecular flexibility index (Phi) is 5.86. The van der Waals surface area contributed by atoms with Crippen LogP contribution < -0.4 is 4.74 Å². The molecule has 1 heterocycles. The molecule has 5 atom stereocenters. The summed E-state index contributed by atoms with van der Waals surface area (Å²) < 4.78 is 47.9. The van der Waals surface area contributed by atoms with Crippen molar-refractivity contribution in [3.05, 3.63) is 28.3 Å². The van der Waals surface area contributed by atoms with Crippen LogP contribution in [-0.2, 0) is 21.1 Å². The highest BCUT2D eigenvalue weighted by molar-refractivity contribution is 6.60. The molecule has 1 aromatic carbocycles. The van der Waals surface area contributed by atoms with E-state index in [1.807, 2.05) is 0 Å². The molecule has 1 aromatic rings. The van der Waals surface area contributed by atoms with Crippen LogP contribution in [0.1, 0.15) is 75.9 Å². The maximum atomic E-state index is 15.2. The highest BCUT2D eigenvalue weighted by atomic mass is 35.5. The highest BCUT2D eigenvalue weighted by Crippen LogP contribution is 2.65. The van der Waals surface area contributed by atoms with E-state index >= 15 is 4.39 Å². The maximum Gasteiger partial charge on any atom is 0.477 e. The van der Waals surface area contributed by atoms with Crippen molar-refractivity contribution in [3.63, 3.8) is 0 Å². The predicted molar refractivity (Wildman–Crippen MR) is 122 cm³/mol. The van der Waals surface area contributed by atoms with Gasteiger partial charge in [-0.1, -0.05) is 34.6 Å². The molecular formula is C24H32BClF2O5. The van der Waals surface area contributed by atoms with Crippen LogP contribution in [0.4, 0.5) is 8.78 Å². The van der Waals surface area contributed by atoms with Gasteiger partial charge >= 0.3 is 13.1 Å². The first-order valence-corrected chi connectivity index (χ1v) is 11.9. The third-order valence-electron chi connectivity index (χ3n) is 8.27. The molecule has 1 unspecified atom stereocenters. The molecule has 4 fully saturated rings. The molecule has 0 amide bonds. The van der Waals surface area contributed by atoms with Gasteiger partial charge in [-0.2, -0.15) is 0 Å². The second kappa shape index (κ2) is 7.82. The summed E-state index contributed by atoms with van der Waals surface area (Å²) in [6.45, 7) is 11.8. The third-order valence-corrected chi connectivity index (χ3v) is 8.63. The molecule has 0 radical (unpaired) electrons. The highest BCUT2D eigenvalue weighted by Gasteiger charge is 2.68. The standard InChI is InChI=1S/C24H32BClF2O5/c1-22(2,3)17-12(20(31-7)16(21(29)30)18(27)19(17)28)10-15(26)25-32-14-9-11-8-13(23(11,4)5)24(14,6)33-25/h11,13-15H,8-10H2,1-7H3,(H,29,30)/t11-,13-,14+,15?,24-/m0/s1. The largest absolute Gasteiger partial charge is 0.495 e. The fourth-order valence-corrected chi connectivity index (χ4v) is 6.72. The number of hydrogen-bond donors (Lipinski definition) is 1. The van der Waals surface area contributed by atoms with E-state index in [1.165, 1.54) is 7.11 Å². The van der Waals surface area contributed by atoms with Gasteiger partial charge in [0.05, 0.1) is 24.1 Å². The van der Waals surface area contributed by atoms with Gasteiger partial charge in [0.25, 0.3) is 0 Å². The molecule has 3 aliphatic carbocycles. The van der Waals surface area contributed by atoms with Crippen molar-refractivity contribution in [2.75, 3.05) is 7.11 Å². The van der Waals surface area contributed by atoms with Crippen molar-refractivity contribution in [3.8, 4) is 5.75 Å². The summed E-state index contributed by atoms with van der Waals surface area (Å²) in [7, 11) is 0.488. The normalized spacial score (nSPS) is 31.1. The zero-order valence-corrected chi connectivity index (χ0v) is 21.0. The van der Waals surface area contributed by atoms with Crippen LogP contribution in [0.3, 0.4) is 0 Å². The number of hydrogen-bond acceptors (Lipinski definition) is 4. The monoisotopic (exact) mass is 484 g/mol. The number of benzene rings is 1.